The van der Waals surface area contributed by atoms with E-state index >= 15 is 0 Å². The van der Waals surface area contributed by atoms with Crippen molar-refractivity contribution in [3.63, 3.8) is 0 Å². The number of nitrogens with one attached hydrogen (secondary N) is 1. The lowest BCUT2D eigenvalue weighted by atomic mass is 10.0. The summed E-state index contributed by atoms with van der Waals surface area (Å²) >= 11 is 0. The van der Waals surface area contributed by atoms with Crippen LogP contribution in [0.2, 0.25) is 0 Å². The molecule has 98 valence electrons. The standard InChI is InChI=1S/C14H22N4/c1-3-11(16-6-1)14-9-15-10-18(14)13-5-8-17-7-2-4-12(13)17/h9-13,16H,1-8H2. The summed E-state index contributed by atoms with van der Waals surface area (Å²) in [5.41, 5.74) is 1.42. The van der Waals surface area contributed by atoms with Crippen LogP contribution in [0.3, 0.4) is 0 Å². The van der Waals surface area contributed by atoms with E-state index in [9.17, 15) is 0 Å². The normalized spacial score (nSPS) is 36.3. The predicted octanol–water partition coefficient (Wildman–Crippen LogP) is 1.72. The van der Waals surface area contributed by atoms with Gasteiger partial charge in [-0.25, -0.2) is 4.98 Å². The summed E-state index contributed by atoms with van der Waals surface area (Å²) in [5.74, 6) is 0. The van der Waals surface area contributed by atoms with Crippen molar-refractivity contribution in [2.24, 2.45) is 0 Å². The fraction of sp³-hybridized carbons (Fsp3) is 0.786. The molecule has 0 aliphatic carbocycles. The van der Waals surface area contributed by atoms with Crippen LogP contribution in [0, 0.1) is 0 Å². The molecule has 3 aliphatic heterocycles. The Kier molecular flexibility index (Phi) is 2.66. The fourth-order valence-corrected chi connectivity index (χ4v) is 4.18. The molecule has 4 nitrogen and oxygen atoms in total. The minimum absolute atomic E-state index is 0.544. The van der Waals surface area contributed by atoms with Gasteiger partial charge in [-0.05, 0) is 45.2 Å². The maximum absolute atomic E-state index is 4.43. The molecule has 3 fully saturated rings. The predicted molar refractivity (Wildman–Crippen MR) is 70.5 cm³/mol. The van der Waals surface area contributed by atoms with Crippen LogP contribution in [0.15, 0.2) is 12.5 Å². The number of hydrogen-bond acceptors (Lipinski definition) is 3. The Morgan fingerprint density at radius 3 is 3.00 bits per heavy atom. The Bertz CT molecular complexity index is 421. The molecule has 4 rings (SSSR count). The SMILES string of the molecule is c1ncn(C2CCN3CCCC23)c1C1CCCN1. The molecule has 0 aromatic carbocycles. The third-order valence-electron chi connectivity index (χ3n) is 5.04. The first-order chi connectivity index (χ1) is 8.93. The molecule has 4 heterocycles. The Morgan fingerprint density at radius 1 is 1.11 bits per heavy atom. The number of fused-ring (bicyclic) bond motifs is 1. The second-order valence-corrected chi connectivity index (χ2v) is 5.98. The van der Waals surface area contributed by atoms with Gasteiger partial charge in [0.25, 0.3) is 0 Å². The summed E-state index contributed by atoms with van der Waals surface area (Å²) < 4.78 is 2.49. The Morgan fingerprint density at radius 2 is 2.11 bits per heavy atom. The zero-order valence-electron chi connectivity index (χ0n) is 10.9. The zero-order valence-corrected chi connectivity index (χ0v) is 10.9. The maximum Gasteiger partial charge on any atom is 0.0951 e. The Balaban J connectivity index is 1.62. The van der Waals surface area contributed by atoms with Gasteiger partial charge < -0.3 is 9.88 Å². The van der Waals surface area contributed by atoms with Gasteiger partial charge in [-0.15, -0.1) is 0 Å². The topological polar surface area (TPSA) is 33.1 Å². The van der Waals surface area contributed by atoms with E-state index in [1.165, 1.54) is 50.9 Å². The average molecular weight is 246 g/mol. The van der Waals surface area contributed by atoms with E-state index in [0.29, 0.717) is 12.1 Å². The molecule has 3 unspecified atom stereocenters. The number of hydrogen-bond donors (Lipinski definition) is 1. The molecule has 0 bridgehead atoms. The van der Waals surface area contributed by atoms with Crippen molar-refractivity contribution in [3.8, 4) is 0 Å². The second-order valence-electron chi connectivity index (χ2n) is 5.98. The molecular formula is C14H22N4. The Hall–Kier alpha value is -0.870. The molecule has 1 aromatic rings. The van der Waals surface area contributed by atoms with E-state index in [1.54, 1.807) is 0 Å². The van der Waals surface area contributed by atoms with Gasteiger partial charge in [0.15, 0.2) is 0 Å². The van der Waals surface area contributed by atoms with Gasteiger partial charge in [-0.1, -0.05) is 0 Å². The van der Waals surface area contributed by atoms with Gasteiger partial charge in [-0.3, -0.25) is 4.90 Å². The van der Waals surface area contributed by atoms with E-state index < -0.39 is 0 Å². The first kappa shape index (κ1) is 11.0. The van der Waals surface area contributed by atoms with Crippen LogP contribution < -0.4 is 5.32 Å². The lowest BCUT2D eigenvalue weighted by Crippen LogP contribution is -2.29. The fourth-order valence-electron chi connectivity index (χ4n) is 4.18. The summed E-state index contributed by atoms with van der Waals surface area (Å²) in [4.78, 5) is 7.11. The smallest absolute Gasteiger partial charge is 0.0951 e. The molecule has 3 aliphatic rings. The zero-order chi connectivity index (χ0) is 11.9. The highest BCUT2D eigenvalue weighted by Gasteiger charge is 2.39. The largest absolute Gasteiger partial charge is 0.328 e. The number of aromatic nitrogens is 2. The average Bonchev–Trinajstić information content (AvgIpc) is 3.13. The van der Waals surface area contributed by atoms with Gasteiger partial charge in [0.05, 0.1) is 18.1 Å². The van der Waals surface area contributed by atoms with E-state index in [4.69, 9.17) is 0 Å². The molecule has 3 atom stereocenters. The molecule has 18 heavy (non-hydrogen) atoms. The molecule has 0 amide bonds. The van der Waals surface area contributed by atoms with Crippen molar-refractivity contribution >= 4 is 0 Å². The second kappa shape index (κ2) is 4.35. The summed E-state index contributed by atoms with van der Waals surface area (Å²) in [5, 5.41) is 3.61. The molecule has 0 saturated carbocycles. The van der Waals surface area contributed by atoms with Crippen molar-refractivity contribution < 1.29 is 0 Å². The van der Waals surface area contributed by atoms with Crippen LogP contribution in [0.25, 0.3) is 0 Å². The van der Waals surface area contributed by atoms with Crippen LogP contribution in [-0.4, -0.2) is 40.1 Å². The molecule has 1 aromatic heterocycles. The van der Waals surface area contributed by atoms with Crippen LogP contribution in [0.5, 0.6) is 0 Å². The van der Waals surface area contributed by atoms with E-state index in [2.05, 4.69) is 32.3 Å². The summed E-state index contributed by atoms with van der Waals surface area (Å²) in [6.07, 6.45) is 10.8. The number of imidazole rings is 1. The third-order valence-corrected chi connectivity index (χ3v) is 5.04. The van der Waals surface area contributed by atoms with Crippen LogP contribution in [-0.2, 0) is 0 Å². The van der Waals surface area contributed by atoms with Gasteiger partial charge in [0.1, 0.15) is 0 Å². The summed E-state index contributed by atoms with van der Waals surface area (Å²) in [6, 6.07) is 2.00. The highest BCUT2D eigenvalue weighted by Crippen LogP contribution is 2.38. The molecule has 3 saturated heterocycles. The van der Waals surface area contributed by atoms with Crippen LogP contribution in [0.4, 0.5) is 0 Å². The van der Waals surface area contributed by atoms with E-state index in [0.717, 1.165) is 12.6 Å². The first-order valence-corrected chi connectivity index (χ1v) is 7.42. The summed E-state index contributed by atoms with van der Waals surface area (Å²) in [6.45, 7) is 3.76. The van der Waals surface area contributed by atoms with Crippen molar-refractivity contribution in [1.82, 2.24) is 19.8 Å². The van der Waals surface area contributed by atoms with Crippen molar-refractivity contribution in [2.75, 3.05) is 19.6 Å². The maximum atomic E-state index is 4.43. The lowest BCUT2D eigenvalue weighted by molar-refractivity contribution is 0.286. The minimum atomic E-state index is 0.544. The summed E-state index contributed by atoms with van der Waals surface area (Å²) in [7, 11) is 0. The monoisotopic (exact) mass is 246 g/mol. The lowest BCUT2D eigenvalue weighted by Gasteiger charge is -2.24. The molecule has 4 heteroatoms. The van der Waals surface area contributed by atoms with E-state index in [-0.39, 0.29) is 0 Å². The van der Waals surface area contributed by atoms with Gasteiger partial charge in [-0.2, -0.15) is 0 Å². The highest BCUT2D eigenvalue weighted by molar-refractivity contribution is 5.11. The molecule has 0 spiro atoms. The third kappa shape index (κ3) is 1.62. The van der Waals surface area contributed by atoms with Crippen molar-refractivity contribution in [3.05, 3.63) is 18.2 Å². The quantitative estimate of drug-likeness (QED) is 0.862. The molecule has 1 N–H and O–H groups in total. The van der Waals surface area contributed by atoms with Crippen molar-refractivity contribution in [1.29, 1.82) is 0 Å². The van der Waals surface area contributed by atoms with Crippen LogP contribution in [0.1, 0.15) is 49.9 Å². The van der Waals surface area contributed by atoms with Gasteiger partial charge >= 0.3 is 0 Å². The highest BCUT2D eigenvalue weighted by atomic mass is 15.3. The minimum Gasteiger partial charge on any atom is -0.328 e. The number of rotatable bonds is 2. The van der Waals surface area contributed by atoms with Crippen LogP contribution >= 0.6 is 0 Å². The van der Waals surface area contributed by atoms with E-state index in [1.807, 2.05) is 0 Å². The molecular weight excluding hydrogens is 224 g/mol. The van der Waals surface area contributed by atoms with Gasteiger partial charge in [0.2, 0.25) is 0 Å². The van der Waals surface area contributed by atoms with Crippen molar-refractivity contribution in [2.45, 2.75) is 50.2 Å². The first-order valence-electron chi connectivity index (χ1n) is 7.42. The Labute approximate surface area is 108 Å². The number of nitrogens with zero attached hydrogens (tertiary/aromatic N) is 3. The van der Waals surface area contributed by atoms with Gasteiger partial charge in [0, 0.05) is 24.8 Å². The molecule has 0 radical (unpaired) electrons.